The lowest BCUT2D eigenvalue weighted by Gasteiger charge is -2.14. The van der Waals surface area contributed by atoms with Crippen molar-refractivity contribution in [3.05, 3.63) is 59.5 Å². The molecule has 0 atom stereocenters. The molecule has 4 N–H and O–H groups in total. The Hall–Kier alpha value is -3.39. The number of nitrogens with one attached hydrogen (secondary N) is 2. The first kappa shape index (κ1) is 17.4. The first-order valence-corrected chi connectivity index (χ1v) is 7.89. The summed E-state index contributed by atoms with van der Waals surface area (Å²) >= 11 is 5.83. The molecule has 0 aliphatic heterocycles. The predicted molar refractivity (Wildman–Crippen MR) is 100 cm³/mol. The highest BCUT2D eigenvalue weighted by Gasteiger charge is 2.14. The summed E-state index contributed by atoms with van der Waals surface area (Å²) < 4.78 is 4.78. The van der Waals surface area contributed by atoms with Gasteiger partial charge >= 0.3 is 5.97 Å². The zero-order valence-corrected chi connectivity index (χ0v) is 14.5. The Morgan fingerprint density at radius 1 is 1.08 bits per heavy atom. The molecule has 8 nitrogen and oxygen atoms in total. The zero-order valence-electron chi connectivity index (χ0n) is 13.7. The standard InChI is InChI=1S/C17H15ClN6O2/c1-26-17(25)11-4-2-3-5-12(11)23-15-14(19)16(22-9-21-15)24-13-7-6-10(18)8-20-13/h2-9H,19H2,1H3,(H2,20,21,22,23,24). The number of hydrogen-bond acceptors (Lipinski definition) is 8. The van der Waals surface area contributed by atoms with Gasteiger partial charge in [-0.2, -0.15) is 0 Å². The third-order valence-corrected chi connectivity index (χ3v) is 3.67. The van der Waals surface area contributed by atoms with Crippen LogP contribution in [-0.2, 0) is 4.74 Å². The first-order chi connectivity index (χ1) is 12.6. The van der Waals surface area contributed by atoms with Crippen LogP contribution in [0.4, 0.5) is 28.8 Å². The maximum Gasteiger partial charge on any atom is 0.339 e. The van der Waals surface area contributed by atoms with Crippen molar-refractivity contribution in [1.82, 2.24) is 15.0 Å². The quantitative estimate of drug-likeness (QED) is 0.585. The third-order valence-electron chi connectivity index (χ3n) is 3.44. The number of para-hydroxylation sites is 1. The Morgan fingerprint density at radius 3 is 2.50 bits per heavy atom. The SMILES string of the molecule is COC(=O)c1ccccc1Nc1ncnc(Nc2ccc(Cl)cn2)c1N. The van der Waals surface area contributed by atoms with Gasteiger partial charge < -0.3 is 21.1 Å². The summed E-state index contributed by atoms with van der Waals surface area (Å²) in [6.07, 6.45) is 2.85. The number of ether oxygens (including phenoxy) is 1. The number of carbonyl (C=O) groups excluding carboxylic acids is 1. The molecule has 2 aromatic heterocycles. The van der Waals surface area contributed by atoms with Crippen LogP contribution in [-0.4, -0.2) is 28.0 Å². The van der Waals surface area contributed by atoms with E-state index in [2.05, 4.69) is 25.6 Å². The Kier molecular flexibility index (Phi) is 5.14. The molecule has 9 heteroatoms. The number of nitrogens with two attached hydrogens (primary N) is 1. The van der Waals surface area contributed by atoms with Crippen LogP contribution < -0.4 is 16.4 Å². The van der Waals surface area contributed by atoms with Gasteiger partial charge in [0, 0.05) is 6.20 Å². The Labute approximate surface area is 154 Å². The third kappa shape index (κ3) is 3.81. The Balaban J connectivity index is 1.88. The number of anilines is 5. The summed E-state index contributed by atoms with van der Waals surface area (Å²) in [6.45, 7) is 0. The van der Waals surface area contributed by atoms with Gasteiger partial charge in [-0.05, 0) is 24.3 Å². The van der Waals surface area contributed by atoms with Gasteiger partial charge in [-0.3, -0.25) is 0 Å². The highest BCUT2D eigenvalue weighted by molar-refractivity contribution is 6.30. The van der Waals surface area contributed by atoms with Gasteiger partial charge in [-0.25, -0.2) is 19.7 Å². The molecular formula is C17H15ClN6O2. The number of methoxy groups -OCH3 is 1. The van der Waals surface area contributed by atoms with Gasteiger partial charge in [-0.1, -0.05) is 23.7 Å². The van der Waals surface area contributed by atoms with Gasteiger partial charge in [0.05, 0.1) is 23.4 Å². The van der Waals surface area contributed by atoms with E-state index >= 15 is 0 Å². The molecule has 0 unspecified atom stereocenters. The summed E-state index contributed by atoms with van der Waals surface area (Å²) in [5.74, 6) is 0.769. The number of carbonyl (C=O) groups is 1. The van der Waals surface area contributed by atoms with Crippen LogP contribution in [0.5, 0.6) is 0 Å². The lowest BCUT2D eigenvalue weighted by Crippen LogP contribution is -2.09. The molecule has 132 valence electrons. The monoisotopic (exact) mass is 370 g/mol. The van der Waals surface area contributed by atoms with Crippen LogP contribution in [0.1, 0.15) is 10.4 Å². The number of nitrogens with zero attached hydrogens (tertiary/aromatic N) is 3. The number of nitrogen functional groups attached to an aromatic ring is 1. The van der Waals surface area contributed by atoms with E-state index in [4.69, 9.17) is 22.1 Å². The molecule has 3 aromatic rings. The van der Waals surface area contributed by atoms with Crippen LogP contribution in [0.3, 0.4) is 0 Å². The predicted octanol–water partition coefficient (Wildman–Crippen LogP) is 3.38. The fourth-order valence-electron chi connectivity index (χ4n) is 2.17. The average molecular weight is 371 g/mol. The van der Waals surface area contributed by atoms with E-state index < -0.39 is 5.97 Å². The first-order valence-electron chi connectivity index (χ1n) is 7.52. The lowest BCUT2D eigenvalue weighted by atomic mass is 10.2. The molecule has 0 amide bonds. The zero-order chi connectivity index (χ0) is 18.5. The molecule has 0 saturated heterocycles. The molecule has 1 aromatic carbocycles. The number of esters is 1. The van der Waals surface area contributed by atoms with Crippen molar-refractivity contribution in [2.75, 3.05) is 23.5 Å². The second-order valence-corrected chi connectivity index (χ2v) is 5.57. The minimum absolute atomic E-state index is 0.268. The maximum absolute atomic E-state index is 11.9. The van der Waals surface area contributed by atoms with Crippen molar-refractivity contribution in [1.29, 1.82) is 0 Å². The topological polar surface area (TPSA) is 115 Å². The minimum Gasteiger partial charge on any atom is -0.465 e. The molecule has 0 aliphatic carbocycles. The highest BCUT2D eigenvalue weighted by Crippen LogP contribution is 2.29. The van der Waals surface area contributed by atoms with E-state index in [1.54, 1.807) is 36.4 Å². The van der Waals surface area contributed by atoms with Gasteiger partial charge in [-0.15, -0.1) is 0 Å². The number of rotatable bonds is 5. The molecule has 2 heterocycles. The normalized spacial score (nSPS) is 10.2. The minimum atomic E-state index is -0.468. The highest BCUT2D eigenvalue weighted by atomic mass is 35.5. The summed E-state index contributed by atoms with van der Waals surface area (Å²) in [5, 5.41) is 6.55. The number of benzene rings is 1. The van der Waals surface area contributed by atoms with E-state index in [0.717, 1.165) is 0 Å². The molecule has 0 spiro atoms. The van der Waals surface area contributed by atoms with Crippen molar-refractivity contribution >= 4 is 46.4 Å². The second-order valence-electron chi connectivity index (χ2n) is 5.13. The van der Waals surface area contributed by atoms with Crippen molar-refractivity contribution in [3.8, 4) is 0 Å². The smallest absolute Gasteiger partial charge is 0.339 e. The fourth-order valence-corrected chi connectivity index (χ4v) is 2.29. The van der Waals surface area contributed by atoms with Crippen molar-refractivity contribution in [2.24, 2.45) is 0 Å². The van der Waals surface area contributed by atoms with E-state index in [-0.39, 0.29) is 5.69 Å². The maximum atomic E-state index is 11.9. The summed E-state index contributed by atoms with van der Waals surface area (Å²) in [5.41, 5.74) is 7.29. The molecule has 0 fully saturated rings. The molecule has 0 bridgehead atoms. The van der Waals surface area contributed by atoms with E-state index in [0.29, 0.717) is 33.7 Å². The largest absolute Gasteiger partial charge is 0.465 e. The van der Waals surface area contributed by atoms with Crippen molar-refractivity contribution < 1.29 is 9.53 Å². The number of hydrogen-bond donors (Lipinski definition) is 3. The van der Waals surface area contributed by atoms with E-state index in [1.807, 2.05) is 0 Å². The number of halogens is 1. The van der Waals surface area contributed by atoms with Gasteiger partial charge in [0.15, 0.2) is 11.6 Å². The molecule has 26 heavy (non-hydrogen) atoms. The van der Waals surface area contributed by atoms with Gasteiger partial charge in [0.25, 0.3) is 0 Å². The molecular weight excluding hydrogens is 356 g/mol. The molecule has 3 rings (SSSR count). The van der Waals surface area contributed by atoms with Crippen LogP contribution in [0, 0.1) is 0 Å². The van der Waals surface area contributed by atoms with Crippen LogP contribution >= 0.6 is 11.6 Å². The Morgan fingerprint density at radius 2 is 1.81 bits per heavy atom. The van der Waals surface area contributed by atoms with E-state index in [1.165, 1.54) is 19.6 Å². The Bertz CT molecular complexity index is 933. The fraction of sp³-hybridized carbons (Fsp3) is 0.0588. The lowest BCUT2D eigenvalue weighted by molar-refractivity contribution is 0.0602. The van der Waals surface area contributed by atoms with Crippen molar-refractivity contribution in [3.63, 3.8) is 0 Å². The molecule has 0 aliphatic rings. The second kappa shape index (κ2) is 7.66. The van der Waals surface area contributed by atoms with Crippen LogP contribution in [0.25, 0.3) is 0 Å². The molecule has 0 radical (unpaired) electrons. The number of aromatic nitrogens is 3. The average Bonchev–Trinajstić information content (AvgIpc) is 2.66. The van der Waals surface area contributed by atoms with Gasteiger partial charge in [0.2, 0.25) is 0 Å². The van der Waals surface area contributed by atoms with Crippen LogP contribution in [0.15, 0.2) is 48.9 Å². The van der Waals surface area contributed by atoms with E-state index in [9.17, 15) is 4.79 Å². The summed E-state index contributed by atoms with van der Waals surface area (Å²) in [6, 6.07) is 10.3. The van der Waals surface area contributed by atoms with Crippen LogP contribution in [0.2, 0.25) is 5.02 Å². The van der Waals surface area contributed by atoms with Gasteiger partial charge in [0.1, 0.15) is 17.8 Å². The summed E-state index contributed by atoms with van der Waals surface area (Å²) in [7, 11) is 1.32. The molecule has 0 saturated carbocycles. The summed E-state index contributed by atoms with van der Waals surface area (Å²) in [4.78, 5) is 24.3. The van der Waals surface area contributed by atoms with Crippen molar-refractivity contribution in [2.45, 2.75) is 0 Å². The number of pyridine rings is 1.